The van der Waals surface area contributed by atoms with E-state index >= 15 is 0 Å². The number of aryl methyl sites for hydroxylation is 2. The number of anilines is 1. The summed E-state index contributed by atoms with van der Waals surface area (Å²) in [5.41, 5.74) is 1.46. The van der Waals surface area contributed by atoms with Gasteiger partial charge in [0.2, 0.25) is 0 Å². The van der Waals surface area contributed by atoms with Crippen LogP contribution in [0.4, 0.5) is 5.69 Å². The summed E-state index contributed by atoms with van der Waals surface area (Å²) in [6.07, 6.45) is 0. The summed E-state index contributed by atoms with van der Waals surface area (Å²) in [4.78, 5) is 1.51. The topological polar surface area (TPSA) is 96.0 Å². The van der Waals surface area contributed by atoms with Crippen molar-refractivity contribution in [1.29, 1.82) is 5.26 Å². The lowest BCUT2D eigenvalue weighted by molar-refractivity contribution is 0.428. The predicted octanol–water partition coefficient (Wildman–Crippen LogP) is 3.69. The second-order valence-corrected chi connectivity index (χ2v) is 8.07. The van der Waals surface area contributed by atoms with Gasteiger partial charge in [-0.15, -0.1) is 11.3 Å². The van der Waals surface area contributed by atoms with Gasteiger partial charge in [0.15, 0.2) is 5.76 Å². The molecule has 0 bridgehead atoms. The Bertz CT molecular complexity index is 1040. The Labute approximate surface area is 143 Å². The second-order valence-electron chi connectivity index (χ2n) is 5.16. The number of sulfonamides is 1. The van der Waals surface area contributed by atoms with Crippen molar-refractivity contribution >= 4 is 27.0 Å². The van der Waals surface area contributed by atoms with Crippen LogP contribution in [0.2, 0.25) is 0 Å². The summed E-state index contributed by atoms with van der Waals surface area (Å²) in [6.45, 7) is 3.53. The van der Waals surface area contributed by atoms with Gasteiger partial charge in [-0.2, -0.15) is 5.26 Å². The van der Waals surface area contributed by atoms with Gasteiger partial charge in [0.25, 0.3) is 10.0 Å². The van der Waals surface area contributed by atoms with Crippen LogP contribution in [0.5, 0.6) is 0 Å². The molecule has 0 aliphatic carbocycles. The Hall–Kier alpha value is -2.63. The van der Waals surface area contributed by atoms with E-state index in [9.17, 15) is 8.42 Å². The first-order chi connectivity index (χ1) is 11.4. The van der Waals surface area contributed by atoms with E-state index < -0.39 is 10.0 Å². The fourth-order valence-electron chi connectivity index (χ4n) is 2.20. The van der Waals surface area contributed by atoms with Crippen molar-refractivity contribution in [3.8, 4) is 16.7 Å². The van der Waals surface area contributed by atoms with Gasteiger partial charge < -0.3 is 4.52 Å². The molecule has 2 aromatic heterocycles. The van der Waals surface area contributed by atoms with E-state index in [1.54, 1.807) is 44.2 Å². The fraction of sp³-hybridized carbons (Fsp3) is 0.125. The quantitative estimate of drug-likeness (QED) is 0.766. The lowest BCUT2D eigenvalue weighted by atomic mass is 10.2. The maximum absolute atomic E-state index is 12.6. The minimum absolute atomic E-state index is 0.180. The summed E-state index contributed by atoms with van der Waals surface area (Å²) in [5.74, 6) is 0.536. The van der Waals surface area contributed by atoms with Gasteiger partial charge in [-0.3, -0.25) is 4.72 Å². The Morgan fingerprint density at radius 2 is 2.04 bits per heavy atom. The molecule has 0 saturated heterocycles. The number of nitrogens with one attached hydrogen (secondary N) is 1. The van der Waals surface area contributed by atoms with Gasteiger partial charge in [0.1, 0.15) is 4.90 Å². The zero-order chi connectivity index (χ0) is 17.3. The molecule has 6 nitrogen and oxygen atoms in total. The van der Waals surface area contributed by atoms with Gasteiger partial charge >= 0.3 is 0 Å². The molecular weight excluding hydrogens is 346 g/mol. The largest absolute Gasteiger partial charge is 0.355 e. The molecule has 1 N–H and O–H groups in total. The average Bonchev–Trinajstić information content (AvgIpc) is 3.13. The zero-order valence-electron chi connectivity index (χ0n) is 12.9. The van der Waals surface area contributed by atoms with Crippen LogP contribution in [0.3, 0.4) is 0 Å². The number of benzene rings is 1. The minimum Gasteiger partial charge on any atom is -0.355 e. The van der Waals surface area contributed by atoms with Crippen molar-refractivity contribution in [1.82, 2.24) is 5.16 Å². The molecule has 0 spiro atoms. The summed E-state index contributed by atoms with van der Waals surface area (Å²) in [6, 6.07) is 11.6. The van der Waals surface area contributed by atoms with Crippen molar-refractivity contribution < 1.29 is 12.9 Å². The van der Waals surface area contributed by atoms with Crippen molar-refractivity contribution in [3.05, 3.63) is 52.5 Å². The van der Waals surface area contributed by atoms with Gasteiger partial charge in [-0.05, 0) is 38.1 Å². The van der Waals surface area contributed by atoms with Crippen molar-refractivity contribution in [2.75, 3.05) is 4.72 Å². The lowest BCUT2D eigenvalue weighted by Crippen LogP contribution is -2.13. The van der Waals surface area contributed by atoms with E-state index in [-0.39, 0.29) is 4.90 Å². The third kappa shape index (κ3) is 3.18. The SMILES string of the molecule is Cc1cc(-c2cc(S(=O)(=O)Nc3cccc(C#N)c3)c(C)s2)on1. The van der Waals surface area contributed by atoms with E-state index in [0.717, 1.165) is 5.69 Å². The number of aromatic nitrogens is 1. The van der Waals surface area contributed by atoms with Gasteiger partial charge in [-0.1, -0.05) is 11.2 Å². The highest BCUT2D eigenvalue weighted by atomic mass is 32.2. The molecule has 122 valence electrons. The predicted molar refractivity (Wildman–Crippen MR) is 91.3 cm³/mol. The molecule has 8 heteroatoms. The number of nitrogens with zero attached hydrogens (tertiary/aromatic N) is 2. The molecule has 0 radical (unpaired) electrons. The first-order valence-corrected chi connectivity index (χ1v) is 9.26. The summed E-state index contributed by atoms with van der Waals surface area (Å²) in [7, 11) is -3.76. The first kappa shape index (κ1) is 16.2. The molecule has 3 aromatic rings. The van der Waals surface area contributed by atoms with Gasteiger partial charge in [-0.25, -0.2) is 8.42 Å². The smallest absolute Gasteiger partial charge is 0.263 e. The average molecular weight is 359 g/mol. The molecule has 0 atom stereocenters. The third-order valence-electron chi connectivity index (χ3n) is 3.28. The van der Waals surface area contributed by atoms with Crippen LogP contribution >= 0.6 is 11.3 Å². The van der Waals surface area contributed by atoms with Crippen LogP contribution in [0.25, 0.3) is 10.6 Å². The van der Waals surface area contributed by atoms with E-state index in [0.29, 0.717) is 26.8 Å². The maximum Gasteiger partial charge on any atom is 0.263 e. The van der Waals surface area contributed by atoms with E-state index in [1.807, 2.05) is 6.07 Å². The molecule has 0 fully saturated rings. The number of hydrogen-bond donors (Lipinski definition) is 1. The highest BCUT2D eigenvalue weighted by Gasteiger charge is 2.22. The molecule has 1 aromatic carbocycles. The molecule has 2 heterocycles. The van der Waals surface area contributed by atoms with Crippen molar-refractivity contribution in [3.63, 3.8) is 0 Å². The van der Waals surface area contributed by atoms with Crippen LogP contribution in [0, 0.1) is 25.2 Å². The molecule has 0 aliphatic rings. The number of thiophene rings is 1. The molecule has 0 saturated carbocycles. The van der Waals surface area contributed by atoms with Gasteiger partial charge in [0.05, 0.1) is 27.9 Å². The standard InChI is InChI=1S/C16H13N3O3S2/c1-10-6-14(22-18-10)15-8-16(11(2)23-15)24(20,21)19-13-5-3-4-12(7-13)9-17/h3-8,19H,1-2H3. The minimum atomic E-state index is -3.76. The Morgan fingerprint density at radius 1 is 1.25 bits per heavy atom. The van der Waals surface area contributed by atoms with Crippen LogP contribution in [-0.2, 0) is 10.0 Å². The number of nitriles is 1. The highest BCUT2D eigenvalue weighted by molar-refractivity contribution is 7.93. The van der Waals surface area contributed by atoms with Gasteiger partial charge in [0, 0.05) is 10.9 Å². The first-order valence-electron chi connectivity index (χ1n) is 6.96. The fourth-order valence-corrected chi connectivity index (χ4v) is 4.79. The van der Waals surface area contributed by atoms with Crippen molar-refractivity contribution in [2.45, 2.75) is 18.7 Å². The van der Waals surface area contributed by atoms with E-state index in [4.69, 9.17) is 9.78 Å². The third-order valence-corrected chi connectivity index (χ3v) is 5.98. The molecule has 0 amide bonds. The molecule has 0 unspecified atom stereocenters. The van der Waals surface area contributed by atoms with E-state index in [1.165, 1.54) is 17.4 Å². The highest BCUT2D eigenvalue weighted by Crippen LogP contribution is 2.34. The molecule has 24 heavy (non-hydrogen) atoms. The Balaban J connectivity index is 1.95. The van der Waals surface area contributed by atoms with Crippen LogP contribution in [0.1, 0.15) is 16.1 Å². The monoisotopic (exact) mass is 359 g/mol. The van der Waals surface area contributed by atoms with Crippen LogP contribution in [-0.4, -0.2) is 13.6 Å². The van der Waals surface area contributed by atoms with Crippen LogP contribution < -0.4 is 4.72 Å². The number of rotatable bonds is 4. The number of hydrogen-bond acceptors (Lipinski definition) is 6. The van der Waals surface area contributed by atoms with E-state index in [2.05, 4.69) is 9.88 Å². The van der Waals surface area contributed by atoms with Crippen LogP contribution in [0.15, 0.2) is 45.8 Å². The normalized spacial score (nSPS) is 11.2. The summed E-state index contributed by atoms with van der Waals surface area (Å²) >= 11 is 1.32. The second kappa shape index (κ2) is 6.11. The lowest BCUT2D eigenvalue weighted by Gasteiger charge is -2.07. The molecular formula is C16H13N3O3S2. The maximum atomic E-state index is 12.6. The summed E-state index contributed by atoms with van der Waals surface area (Å²) in [5, 5.41) is 12.7. The van der Waals surface area contributed by atoms with Crippen molar-refractivity contribution in [2.24, 2.45) is 0 Å². The zero-order valence-corrected chi connectivity index (χ0v) is 14.5. The Kier molecular flexibility index (Phi) is 4.13. The molecule has 3 rings (SSSR count). The summed E-state index contributed by atoms with van der Waals surface area (Å²) < 4.78 is 33.0. The molecule has 0 aliphatic heterocycles. The Morgan fingerprint density at radius 3 is 2.71 bits per heavy atom.